The van der Waals surface area contributed by atoms with Crippen molar-refractivity contribution < 1.29 is 35.5 Å². The van der Waals surface area contributed by atoms with Crippen LogP contribution >= 0.6 is 0 Å². The lowest BCUT2D eigenvalue weighted by Gasteiger charge is -2.43. The van der Waals surface area contributed by atoms with Crippen molar-refractivity contribution in [3.8, 4) is 0 Å². The van der Waals surface area contributed by atoms with E-state index in [-0.39, 0.29) is 24.2 Å². The predicted molar refractivity (Wildman–Crippen MR) is 137 cm³/mol. The van der Waals surface area contributed by atoms with Crippen molar-refractivity contribution in [2.45, 2.75) is 63.0 Å². The van der Waals surface area contributed by atoms with E-state index in [9.17, 15) is 35.5 Å². The van der Waals surface area contributed by atoms with E-state index in [2.05, 4.69) is 9.80 Å². The smallest absolute Gasteiger partial charge is 0.344 e. The number of carbonyl (C=O) groups is 1. The number of alkyl halides is 6. The lowest BCUT2D eigenvalue weighted by molar-refractivity contribution is -0.143. The maximum absolute atomic E-state index is 13.7. The number of hydrogen-bond acceptors (Lipinski definition) is 3. The Bertz CT molecular complexity index is 1100. The Morgan fingerprint density at radius 1 is 0.875 bits per heavy atom. The van der Waals surface area contributed by atoms with Gasteiger partial charge in [-0.3, -0.25) is 9.69 Å². The summed E-state index contributed by atoms with van der Waals surface area (Å²) in [6, 6.07) is 7.38. The molecular weight excluding hydrogens is 539 g/mol. The minimum absolute atomic E-state index is 0.0514. The fourth-order valence-electron chi connectivity index (χ4n) is 5.75. The summed E-state index contributed by atoms with van der Waals surface area (Å²) >= 11 is 0. The molecule has 1 atom stereocenters. The standard InChI is InChI=1S/C29H34F7N3O/c1-37(27(40)17-20-15-22(28(31,32)33)18-23(16-20)29(34,35)36)19-26(21-5-7-24(30)8-6-21)39-13-9-25(10-14-39)38-11-3-2-4-12-38/h5-8,15-16,18,25-26H,2-4,9-14,17,19H2,1H3. The third kappa shape index (κ3) is 7.75. The van der Waals surface area contributed by atoms with Crippen LogP contribution in [0.5, 0.6) is 0 Å². The van der Waals surface area contributed by atoms with Crippen LogP contribution in [0, 0.1) is 5.82 Å². The fraction of sp³-hybridized carbons (Fsp3) is 0.552. The van der Waals surface area contributed by atoms with Crippen LogP contribution in [0.1, 0.15) is 60.4 Å². The second kappa shape index (κ2) is 12.5. The highest BCUT2D eigenvalue weighted by atomic mass is 19.4. The third-order valence-electron chi connectivity index (χ3n) is 7.98. The number of likely N-dealkylation sites (tertiary alicyclic amines) is 2. The Labute approximate surface area is 229 Å². The number of halogens is 7. The molecule has 40 heavy (non-hydrogen) atoms. The van der Waals surface area contributed by atoms with Crippen molar-refractivity contribution in [2.75, 3.05) is 39.8 Å². The molecule has 2 aromatic rings. The molecular formula is C29H34F7N3O. The van der Waals surface area contributed by atoms with E-state index in [0.717, 1.165) is 44.6 Å². The fourth-order valence-corrected chi connectivity index (χ4v) is 5.75. The summed E-state index contributed by atoms with van der Waals surface area (Å²) < 4.78 is 93.3. The van der Waals surface area contributed by atoms with Crippen molar-refractivity contribution in [3.05, 3.63) is 70.5 Å². The van der Waals surface area contributed by atoms with Crippen molar-refractivity contribution >= 4 is 5.91 Å². The lowest BCUT2D eigenvalue weighted by atomic mass is 9.96. The molecule has 2 fully saturated rings. The molecule has 1 amide bonds. The zero-order valence-electron chi connectivity index (χ0n) is 22.4. The van der Waals surface area contributed by atoms with Crippen LogP contribution in [-0.4, -0.2) is 66.4 Å². The zero-order chi connectivity index (χ0) is 29.1. The minimum Gasteiger partial charge on any atom is -0.344 e. The normalized spacial score (nSPS) is 19.0. The topological polar surface area (TPSA) is 26.8 Å². The van der Waals surface area contributed by atoms with E-state index < -0.39 is 41.6 Å². The number of piperidine rings is 2. The number of amides is 1. The predicted octanol–water partition coefficient (Wildman–Crippen LogP) is 6.56. The molecule has 11 heteroatoms. The average Bonchev–Trinajstić information content (AvgIpc) is 2.91. The highest BCUT2D eigenvalue weighted by molar-refractivity contribution is 5.78. The largest absolute Gasteiger partial charge is 0.416 e. The van der Waals surface area contributed by atoms with Crippen molar-refractivity contribution in [1.82, 2.24) is 14.7 Å². The van der Waals surface area contributed by atoms with Gasteiger partial charge in [-0.15, -0.1) is 0 Å². The van der Waals surface area contributed by atoms with Gasteiger partial charge in [0.2, 0.25) is 5.91 Å². The number of benzene rings is 2. The van der Waals surface area contributed by atoms with Gasteiger partial charge in [-0.25, -0.2) is 4.39 Å². The number of carbonyl (C=O) groups excluding carboxylic acids is 1. The van der Waals surface area contributed by atoms with Crippen molar-refractivity contribution in [1.29, 1.82) is 0 Å². The molecule has 4 rings (SSSR count). The highest BCUT2D eigenvalue weighted by Crippen LogP contribution is 2.36. The number of rotatable bonds is 7. The summed E-state index contributed by atoms with van der Waals surface area (Å²) in [4.78, 5) is 19.2. The molecule has 220 valence electrons. The van der Waals surface area contributed by atoms with Crippen LogP contribution < -0.4 is 0 Å². The molecule has 2 heterocycles. The quantitative estimate of drug-likeness (QED) is 0.352. The Balaban J connectivity index is 1.49. The summed E-state index contributed by atoms with van der Waals surface area (Å²) in [5.74, 6) is -1.01. The Kier molecular flexibility index (Phi) is 9.44. The second-order valence-corrected chi connectivity index (χ2v) is 10.8. The minimum atomic E-state index is -4.99. The second-order valence-electron chi connectivity index (χ2n) is 10.8. The first-order valence-corrected chi connectivity index (χ1v) is 13.6. The molecule has 2 aliphatic rings. The summed E-state index contributed by atoms with van der Waals surface area (Å²) in [5.41, 5.74) is -2.47. The molecule has 0 saturated carbocycles. The molecule has 0 aromatic heterocycles. The van der Waals surface area contributed by atoms with E-state index in [0.29, 0.717) is 18.2 Å². The Morgan fingerprint density at radius 2 is 1.43 bits per heavy atom. The Morgan fingerprint density at radius 3 is 1.95 bits per heavy atom. The van der Waals surface area contributed by atoms with Gasteiger partial charge in [0.25, 0.3) is 0 Å². The molecule has 0 N–H and O–H groups in total. The first kappa shape index (κ1) is 30.3. The van der Waals surface area contributed by atoms with Gasteiger partial charge in [-0.1, -0.05) is 18.6 Å². The van der Waals surface area contributed by atoms with Crippen LogP contribution in [0.3, 0.4) is 0 Å². The van der Waals surface area contributed by atoms with Gasteiger partial charge >= 0.3 is 12.4 Å². The number of likely N-dealkylation sites (N-methyl/N-ethyl adjacent to an activating group) is 1. The van der Waals surface area contributed by atoms with Gasteiger partial charge < -0.3 is 9.80 Å². The van der Waals surface area contributed by atoms with Gasteiger partial charge in [0.15, 0.2) is 0 Å². The first-order valence-electron chi connectivity index (χ1n) is 13.6. The van der Waals surface area contributed by atoms with E-state index >= 15 is 0 Å². The monoisotopic (exact) mass is 573 g/mol. The molecule has 2 saturated heterocycles. The van der Waals surface area contributed by atoms with Crippen LogP contribution in [0.4, 0.5) is 30.7 Å². The van der Waals surface area contributed by atoms with Crippen LogP contribution in [0.15, 0.2) is 42.5 Å². The van der Waals surface area contributed by atoms with Crippen LogP contribution in [0.25, 0.3) is 0 Å². The average molecular weight is 574 g/mol. The van der Waals surface area contributed by atoms with Gasteiger partial charge in [-0.2, -0.15) is 26.3 Å². The van der Waals surface area contributed by atoms with Crippen LogP contribution in [0.2, 0.25) is 0 Å². The molecule has 0 bridgehead atoms. The van der Waals surface area contributed by atoms with E-state index in [1.807, 2.05) is 0 Å². The van der Waals surface area contributed by atoms with Gasteiger partial charge in [-0.05, 0) is 80.2 Å². The SMILES string of the molecule is CN(CC(c1ccc(F)cc1)N1CCC(N2CCCCC2)CC1)C(=O)Cc1cc(C(F)(F)F)cc(C(F)(F)F)c1. The zero-order valence-corrected chi connectivity index (χ0v) is 22.4. The van der Waals surface area contributed by atoms with Crippen molar-refractivity contribution in [2.24, 2.45) is 0 Å². The third-order valence-corrected chi connectivity index (χ3v) is 7.98. The highest BCUT2D eigenvalue weighted by Gasteiger charge is 2.37. The maximum atomic E-state index is 13.7. The number of nitrogens with zero attached hydrogens (tertiary/aromatic N) is 3. The maximum Gasteiger partial charge on any atom is 0.416 e. The summed E-state index contributed by atoms with van der Waals surface area (Å²) in [5, 5.41) is 0. The molecule has 0 spiro atoms. The molecule has 1 unspecified atom stereocenters. The van der Waals surface area contributed by atoms with E-state index in [1.165, 1.54) is 43.3 Å². The summed E-state index contributed by atoms with van der Waals surface area (Å²) in [6.45, 7) is 3.86. The molecule has 4 nitrogen and oxygen atoms in total. The molecule has 2 aliphatic heterocycles. The molecule has 0 radical (unpaired) electrons. The van der Waals surface area contributed by atoms with Gasteiger partial charge in [0, 0.05) is 32.7 Å². The Hall–Kier alpha value is -2.66. The van der Waals surface area contributed by atoms with Crippen molar-refractivity contribution in [3.63, 3.8) is 0 Å². The molecule has 0 aliphatic carbocycles. The van der Waals surface area contributed by atoms with Gasteiger partial charge in [0.05, 0.1) is 23.6 Å². The summed E-state index contributed by atoms with van der Waals surface area (Å²) in [7, 11) is 1.48. The van der Waals surface area contributed by atoms with E-state index in [1.54, 1.807) is 12.1 Å². The van der Waals surface area contributed by atoms with Crippen LogP contribution in [-0.2, 0) is 23.6 Å². The molecule has 2 aromatic carbocycles. The summed E-state index contributed by atoms with van der Waals surface area (Å²) in [6.07, 6.45) is -5.06. The van der Waals surface area contributed by atoms with E-state index in [4.69, 9.17) is 0 Å². The number of hydrogen-bond donors (Lipinski definition) is 0. The lowest BCUT2D eigenvalue weighted by Crippen LogP contribution is -2.49. The first-order chi connectivity index (χ1) is 18.8. The van der Waals surface area contributed by atoms with Gasteiger partial charge in [0.1, 0.15) is 5.82 Å².